The molecule has 1 heterocycles. The molecule has 0 amide bonds. The van der Waals surface area contributed by atoms with E-state index in [1.807, 2.05) is 13.0 Å². The molecule has 0 spiro atoms. The summed E-state index contributed by atoms with van der Waals surface area (Å²) >= 11 is 12.3. The van der Waals surface area contributed by atoms with Gasteiger partial charge in [0.2, 0.25) is 0 Å². The molecule has 0 saturated carbocycles. The second-order valence-electron chi connectivity index (χ2n) is 4.38. The van der Waals surface area contributed by atoms with E-state index in [2.05, 4.69) is 23.3 Å². The number of pyridine rings is 1. The van der Waals surface area contributed by atoms with Gasteiger partial charge in [-0.1, -0.05) is 30.1 Å². The van der Waals surface area contributed by atoms with Gasteiger partial charge >= 0.3 is 0 Å². The molecule has 0 saturated heterocycles. The molecule has 4 heteroatoms. The number of hydrogen-bond donors (Lipinski definition) is 1. The highest BCUT2D eigenvalue weighted by Crippen LogP contribution is 2.30. The van der Waals surface area contributed by atoms with Gasteiger partial charge in [-0.2, -0.15) is 0 Å². The number of fused-ring (bicyclic) bond motifs is 1. The number of nitrogens with zero attached hydrogens (tertiary/aromatic N) is 1. The topological polar surface area (TPSA) is 24.9 Å². The summed E-state index contributed by atoms with van der Waals surface area (Å²) in [5.41, 5.74) is 3.02. The molecule has 0 bridgehead atoms. The van der Waals surface area contributed by atoms with Crippen LogP contribution in [0, 0.1) is 6.92 Å². The maximum Gasteiger partial charge on any atom is 0.0738 e. The number of halogens is 2. The first kappa shape index (κ1) is 13.6. The fraction of sp³-hybridized carbons (Fsp3) is 0.357. The third kappa shape index (κ3) is 2.94. The first-order chi connectivity index (χ1) is 8.61. The molecule has 0 fully saturated rings. The Kier molecular flexibility index (Phi) is 4.44. The van der Waals surface area contributed by atoms with E-state index in [4.69, 9.17) is 23.2 Å². The summed E-state index contributed by atoms with van der Waals surface area (Å²) in [6.07, 6.45) is 1.11. The maximum absolute atomic E-state index is 6.28. The number of rotatable bonds is 4. The first-order valence-electron chi connectivity index (χ1n) is 6.07. The highest BCUT2D eigenvalue weighted by Gasteiger charge is 2.09. The molecule has 1 aromatic heterocycles. The Bertz CT molecular complexity index is 562. The van der Waals surface area contributed by atoms with E-state index in [1.54, 1.807) is 6.07 Å². The molecule has 2 aromatic rings. The molecule has 0 aliphatic carbocycles. The lowest BCUT2D eigenvalue weighted by Crippen LogP contribution is -2.14. The maximum atomic E-state index is 6.28. The Morgan fingerprint density at radius 3 is 2.72 bits per heavy atom. The van der Waals surface area contributed by atoms with Gasteiger partial charge in [-0.3, -0.25) is 4.98 Å². The number of aryl methyl sites for hydroxylation is 1. The summed E-state index contributed by atoms with van der Waals surface area (Å²) in [6, 6.07) is 5.70. The van der Waals surface area contributed by atoms with Gasteiger partial charge in [0.15, 0.2) is 0 Å². The molecule has 0 aliphatic rings. The Balaban J connectivity index is 2.50. The first-order valence-corrected chi connectivity index (χ1v) is 6.83. The normalized spacial score (nSPS) is 11.1. The summed E-state index contributed by atoms with van der Waals surface area (Å²) < 4.78 is 0. The molecule has 0 radical (unpaired) electrons. The van der Waals surface area contributed by atoms with E-state index >= 15 is 0 Å². The minimum absolute atomic E-state index is 0.623. The van der Waals surface area contributed by atoms with Crippen molar-refractivity contribution in [1.82, 2.24) is 10.3 Å². The van der Waals surface area contributed by atoms with Crippen LogP contribution < -0.4 is 5.32 Å². The average Bonchev–Trinajstić information content (AvgIpc) is 2.27. The predicted octanol–water partition coefficient (Wildman–Crippen LogP) is 4.35. The second-order valence-corrected chi connectivity index (χ2v) is 5.22. The third-order valence-electron chi connectivity index (χ3n) is 2.78. The van der Waals surface area contributed by atoms with E-state index in [0.717, 1.165) is 36.1 Å². The van der Waals surface area contributed by atoms with Crippen LogP contribution in [0.3, 0.4) is 0 Å². The van der Waals surface area contributed by atoms with Gasteiger partial charge in [0.1, 0.15) is 0 Å². The lowest BCUT2D eigenvalue weighted by molar-refractivity contribution is 0.677. The van der Waals surface area contributed by atoms with Crippen molar-refractivity contribution in [3.63, 3.8) is 0 Å². The van der Waals surface area contributed by atoms with Crippen LogP contribution in [0.25, 0.3) is 10.9 Å². The highest BCUT2D eigenvalue weighted by molar-refractivity contribution is 6.38. The Hall–Kier alpha value is -0.830. The number of nitrogens with one attached hydrogen (secondary N) is 1. The van der Waals surface area contributed by atoms with Crippen LogP contribution in [0.1, 0.15) is 24.6 Å². The zero-order valence-corrected chi connectivity index (χ0v) is 12.1. The van der Waals surface area contributed by atoms with Crippen molar-refractivity contribution >= 4 is 34.1 Å². The Morgan fingerprint density at radius 2 is 2.00 bits per heavy atom. The number of benzene rings is 1. The summed E-state index contributed by atoms with van der Waals surface area (Å²) in [5, 5.41) is 5.68. The molecular weight excluding hydrogens is 267 g/mol. The molecule has 0 unspecified atom stereocenters. The minimum atomic E-state index is 0.623. The number of aromatic nitrogens is 1. The van der Waals surface area contributed by atoms with E-state index in [0.29, 0.717) is 10.0 Å². The van der Waals surface area contributed by atoms with Crippen LogP contribution in [-0.2, 0) is 6.54 Å². The molecule has 0 aliphatic heterocycles. The van der Waals surface area contributed by atoms with Crippen molar-refractivity contribution in [3.05, 3.63) is 39.5 Å². The standard InChI is InChI=1S/C14H16Cl2N2/c1-3-4-17-8-10-5-9(2)18-13-7-11(15)6-12(16)14(10)13/h5-7,17H,3-4,8H2,1-2H3. The van der Waals surface area contributed by atoms with Gasteiger partial charge < -0.3 is 5.32 Å². The van der Waals surface area contributed by atoms with Gasteiger partial charge in [-0.05, 0) is 43.7 Å². The largest absolute Gasteiger partial charge is 0.313 e. The molecule has 2 nitrogen and oxygen atoms in total. The van der Waals surface area contributed by atoms with Crippen LogP contribution >= 0.6 is 23.2 Å². The van der Waals surface area contributed by atoms with Crippen molar-refractivity contribution in [2.75, 3.05) is 6.54 Å². The summed E-state index contributed by atoms with van der Waals surface area (Å²) in [6.45, 7) is 5.93. The zero-order valence-electron chi connectivity index (χ0n) is 10.6. The summed E-state index contributed by atoms with van der Waals surface area (Å²) in [5.74, 6) is 0. The minimum Gasteiger partial charge on any atom is -0.313 e. The van der Waals surface area contributed by atoms with E-state index in [9.17, 15) is 0 Å². The Morgan fingerprint density at radius 1 is 1.22 bits per heavy atom. The van der Waals surface area contributed by atoms with Crippen LogP contribution in [0.4, 0.5) is 0 Å². The van der Waals surface area contributed by atoms with E-state index in [1.165, 1.54) is 5.56 Å². The van der Waals surface area contributed by atoms with Gasteiger partial charge in [0.05, 0.1) is 10.5 Å². The van der Waals surface area contributed by atoms with Crippen molar-refractivity contribution in [2.24, 2.45) is 0 Å². The second kappa shape index (κ2) is 5.87. The van der Waals surface area contributed by atoms with Crippen molar-refractivity contribution in [3.8, 4) is 0 Å². The third-order valence-corrected chi connectivity index (χ3v) is 3.29. The van der Waals surface area contributed by atoms with Crippen molar-refractivity contribution in [1.29, 1.82) is 0 Å². The van der Waals surface area contributed by atoms with Crippen molar-refractivity contribution in [2.45, 2.75) is 26.8 Å². The van der Waals surface area contributed by atoms with Gasteiger partial charge in [-0.15, -0.1) is 0 Å². The summed E-state index contributed by atoms with van der Waals surface area (Å²) in [4.78, 5) is 4.49. The summed E-state index contributed by atoms with van der Waals surface area (Å²) in [7, 11) is 0. The van der Waals surface area contributed by atoms with Crippen LogP contribution in [-0.4, -0.2) is 11.5 Å². The Labute approximate surface area is 117 Å². The molecule has 0 atom stereocenters. The smallest absolute Gasteiger partial charge is 0.0738 e. The van der Waals surface area contributed by atoms with Crippen LogP contribution in [0.15, 0.2) is 18.2 Å². The molecule has 2 rings (SSSR count). The lowest BCUT2D eigenvalue weighted by atomic mass is 10.1. The molecule has 96 valence electrons. The average molecular weight is 283 g/mol. The fourth-order valence-electron chi connectivity index (χ4n) is 2.05. The molecule has 18 heavy (non-hydrogen) atoms. The SMILES string of the molecule is CCCNCc1cc(C)nc2cc(Cl)cc(Cl)c12. The van der Waals surface area contributed by atoms with Crippen LogP contribution in [0.5, 0.6) is 0 Å². The lowest BCUT2D eigenvalue weighted by Gasteiger charge is -2.10. The number of hydrogen-bond acceptors (Lipinski definition) is 2. The van der Waals surface area contributed by atoms with Gasteiger partial charge in [0, 0.05) is 22.6 Å². The van der Waals surface area contributed by atoms with Crippen molar-refractivity contribution < 1.29 is 0 Å². The van der Waals surface area contributed by atoms with E-state index in [-0.39, 0.29) is 0 Å². The molecule has 1 aromatic carbocycles. The van der Waals surface area contributed by atoms with E-state index < -0.39 is 0 Å². The molecule has 1 N–H and O–H groups in total. The fourth-order valence-corrected chi connectivity index (χ4v) is 2.66. The highest BCUT2D eigenvalue weighted by atomic mass is 35.5. The predicted molar refractivity (Wildman–Crippen MR) is 78.5 cm³/mol. The van der Waals surface area contributed by atoms with Gasteiger partial charge in [0.25, 0.3) is 0 Å². The quantitative estimate of drug-likeness (QED) is 0.844. The zero-order chi connectivity index (χ0) is 13.1. The molecular formula is C14H16Cl2N2. The van der Waals surface area contributed by atoms with Gasteiger partial charge in [-0.25, -0.2) is 0 Å². The monoisotopic (exact) mass is 282 g/mol. The van der Waals surface area contributed by atoms with Crippen LogP contribution in [0.2, 0.25) is 10.0 Å².